The lowest BCUT2D eigenvalue weighted by molar-refractivity contribution is 0.629. The van der Waals surface area contributed by atoms with Crippen LogP contribution < -0.4 is 5.32 Å². The number of para-hydroxylation sites is 2. The first kappa shape index (κ1) is 13.6. The molecule has 0 radical (unpaired) electrons. The van der Waals surface area contributed by atoms with E-state index < -0.39 is 0 Å². The van der Waals surface area contributed by atoms with E-state index in [1.165, 1.54) is 18.5 Å². The third kappa shape index (κ3) is 2.70. The van der Waals surface area contributed by atoms with Crippen LogP contribution in [0.1, 0.15) is 5.82 Å². The predicted molar refractivity (Wildman–Crippen MR) is 87.8 cm³/mol. The topological polar surface area (TPSA) is 66.5 Å². The maximum atomic E-state index is 13.4. The molecule has 0 unspecified atom stereocenters. The maximum Gasteiger partial charge on any atom is 0.137 e. The molecule has 0 saturated heterocycles. The molecule has 6 heteroatoms. The van der Waals surface area contributed by atoms with Gasteiger partial charge in [0, 0.05) is 18.4 Å². The van der Waals surface area contributed by atoms with Crippen LogP contribution in [0, 0.1) is 5.82 Å². The molecule has 2 aromatic heterocycles. The molecule has 2 N–H and O–H groups in total. The Kier molecular flexibility index (Phi) is 3.34. The van der Waals surface area contributed by atoms with Crippen LogP contribution in [0.4, 0.5) is 10.2 Å². The van der Waals surface area contributed by atoms with Crippen LogP contribution in [0.3, 0.4) is 0 Å². The third-order valence-electron chi connectivity index (χ3n) is 3.69. The Morgan fingerprint density at radius 2 is 1.96 bits per heavy atom. The Labute approximate surface area is 131 Å². The minimum Gasteiger partial charge on any atom is -0.369 e. The van der Waals surface area contributed by atoms with Crippen molar-refractivity contribution in [2.24, 2.45) is 0 Å². The van der Waals surface area contributed by atoms with E-state index in [0.717, 1.165) is 23.3 Å². The number of aromatic amines is 1. The van der Waals surface area contributed by atoms with E-state index in [-0.39, 0.29) is 5.82 Å². The summed E-state index contributed by atoms with van der Waals surface area (Å²) in [7, 11) is 0. The third-order valence-corrected chi connectivity index (χ3v) is 3.69. The van der Waals surface area contributed by atoms with Gasteiger partial charge in [0.25, 0.3) is 0 Å². The van der Waals surface area contributed by atoms with E-state index in [9.17, 15) is 4.39 Å². The summed E-state index contributed by atoms with van der Waals surface area (Å²) in [4.78, 5) is 16.2. The fraction of sp³-hybridized carbons (Fsp3) is 0.118. The number of imidazole rings is 1. The van der Waals surface area contributed by atoms with Crippen LogP contribution in [-0.4, -0.2) is 26.5 Å². The summed E-state index contributed by atoms with van der Waals surface area (Å²) >= 11 is 0. The first-order valence-corrected chi connectivity index (χ1v) is 7.37. The average Bonchev–Trinajstić information content (AvgIpc) is 2.98. The van der Waals surface area contributed by atoms with E-state index >= 15 is 0 Å². The number of halogens is 1. The molecule has 0 aliphatic rings. The molecule has 0 aliphatic heterocycles. The highest BCUT2D eigenvalue weighted by Crippen LogP contribution is 2.20. The second-order valence-electron chi connectivity index (χ2n) is 5.26. The van der Waals surface area contributed by atoms with Crippen LogP contribution in [0.15, 0.2) is 48.8 Å². The number of nitrogens with one attached hydrogen (secondary N) is 2. The summed E-state index contributed by atoms with van der Waals surface area (Å²) in [6.45, 7) is 0.641. The summed E-state index contributed by atoms with van der Waals surface area (Å²) in [5.41, 5.74) is 2.70. The molecule has 0 bridgehead atoms. The van der Waals surface area contributed by atoms with Crippen molar-refractivity contribution in [3.63, 3.8) is 0 Å². The van der Waals surface area contributed by atoms with Crippen molar-refractivity contribution in [2.45, 2.75) is 6.42 Å². The Hall–Kier alpha value is -3.02. The van der Waals surface area contributed by atoms with Crippen LogP contribution in [0.2, 0.25) is 0 Å². The Bertz CT molecular complexity index is 946. The van der Waals surface area contributed by atoms with Crippen molar-refractivity contribution in [2.75, 3.05) is 11.9 Å². The highest BCUT2D eigenvalue weighted by Gasteiger charge is 2.06. The molecule has 4 aromatic rings. The van der Waals surface area contributed by atoms with Crippen molar-refractivity contribution < 1.29 is 4.39 Å². The predicted octanol–water partition coefficient (Wildman–Crippen LogP) is 3.30. The number of rotatable bonds is 4. The van der Waals surface area contributed by atoms with Gasteiger partial charge in [-0.1, -0.05) is 12.1 Å². The molecule has 2 aromatic carbocycles. The Morgan fingerprint density at radius 1 is 1.04 bits per heavy atom. The molecular weight excluding hydrogens is 293 g/mol. The van der Waals surface area contributed by atoms with Gasteiger partial charge in [0.05, 0.1) is 16.6 Å². The molecule has 0 fully saturated rings. The number of nitrogens with zero attached hydrogens (tertiary/aromatic N) is 3. The standard InChI is InChI=1S/C17H14FN5/c18-11-5-6-13-12(9-11)17(21-10-20-13)19-8-7-16-22-14-3-1-2-4-15(14)23-16/h1-6,9-10H,7-8H2,(H,22,23)(H,19,20,21). The molecule has 0 atom stereocenters. The average molecular weight is 307 g/mol. The fourth-order valence-electron chi connectivity index (χ4n) is 2.59. The van der Waals surface area contributed by atoms with Crippen LogP contribution in [0.5, 0.6) is 0 Å². The van der Waals surface area contributed by atoms with E-state index in [1.807, 2.05) is 24.3 Å². The number of fused-ring (bicyclic) bond motifs is 2. The number of hydrogen-bond donors (Lipinski definition) is 2. The highest BCUT2D eigenvalue weighted by molar-refractivity contribution is 5.88. The number of benzene rings is 2. The summed E-state index contributed by atoms with van der Waals surface area (Å²) < 4.78 is 13.4. The summed E-state index contributed by atoms with van der Waals surface area (Å²) in [5.74, 6) is 1.24. The van der Waals surface area contributed by atoms with Crippen molar-refractivity contribution in [3.8, 4) is 0 Å². The van der Waals surface area contributed by atoms with E-state index in [4.69, 9.17) is 0 Å². The SMILES string of the molecule is Fc1ccc2ncnc(NCCc3nc4ccccc4[nH]3)c2c1. The van der Waals surface area contributed by atoms with Gasteiger partial charge in [-0.3, -0.25) is 0 Å². The Balaban J connectivity index is 1.52. The zero-order valence-corrected chi connectivity index (χ0v) is 12.3. The largest absolute Gasteiger partial charge is 0.369 e. The Morgan fingerprint density at radius 3 is 2.87 bits per heavy atom. The highest BCUT2D eigenvalue weighted by atomic mass is 19.1. The van der Waals surface area contributed by atoms with Crippen molar-refractivity contribution >= 4 is 27.8 Å². The fourth-order valence-corrected chi connectivity index (χ4v) is 2.59. The monoisotopic (exact) mass is 307 g/mol. The normalized spacial score (nSPS) is 11.2. The number of H-pyrrole nitrogens is 1. The molecular formula is C17H14FN5. The number of aromatic nitrogens is 4. The van der Waals surface area contributed by atoms with Gasteiger partial charge < -0.3 is 10.3 Å². The van der Waals surface area contributed by atoms with Gasteiger partial charge in [0.15, 0.2) is 0 Å². The van der Waals surface area contributed by atoms with Crippen LogP contribution >= 0.6 is 0 Å². The smallest absolute Gasteiger partial charge is 0.137 e. The second-order valence-corrected chi connectivity index (χ2v) is 5.26. The molecule has 4 rings (SSSR count). The van der Waals surface area contributed by atoms with E-state index in [1.54, 1.807) is 6.07 Å². The van der Waals surface area contributed by atoms with Gasteiger partial charge in [0.1, 0.15) is 23.8 Å². The molecule has 0 spiro atoms. The maximum absolute atomic E-state index is 13.4. The first-order valence-electron chi connectivity index (χ1n) is 7.37. The van der Waals surface area contributed by atoms with Crippen LogP contribution in [-0.2, 0) is 6.42 Å². The first-order chi connectivity index (χ1) is 11.3. The van der Waals surface area contributed by atoms with Crippen molar-refractivity contribution in [1.29, 1.82) is 0 Å². The van der Waals surface area contributed by atoms with Gasteiger partial charge in [0.2, 0.25) is 0 Å². The quantitative estimate of drug-likeness (QED) is 0.607. The van der Waals surface area contributed by atoms with Crippen molar-refractivity contribution in [3.05, 3.63) is 60.4 Å². The lowest BCUT2D eigenvalue weighted by Crippen LogP contribution is -2.08. The van der Waals surface area contributed by atoms with Gasteiger partial charge in [-0.25, -0.2) is 19.3 Å². The molecule has 0 aliphatic carbocycles. The summed E-state index contributed by atoms with van der Waals surface area (Å²) in [5, 5.41) is 3.91. The summed E-state index contributed by atoms with van der Waals surface area (Å²) in [6.07, 6.45) is 2.19. The molecule has 2 heterocycles. The van der Waals surface area contributed by atoms with Crippen molar-refractivity contribution in [1.82, 2.24) is 19.9 Å². The lowest BCUT2D eigenvalue weighted by atomic mass is 10.2. The van der Waals surface area contributed by atoms with Gasteiger partial charge >= 0.3 is 0 Å². The minimum atomic E-state index is -0.298. The van der Waals surface area contributed by atoms with Gasteiger partial charge in [-0.2, -0.15) is 0 Å². The number of hydrogen-bond acceptors (Lipinski definition) is 4. The zero-order valence-electron chi connectivity index (χ0n) is 12.3. The van der Waals surface area contributed by atoms with E-state index in [0.29, 0.717) is 23.3 Å². The molecule has 0 amide bonds. The summed E-state index contributed by atoms with van der Waals surface area (Å²) in [6, 6.07) is 12.4. The molecule has 5 nitrogen and oxygen atoms in total. The van der Waals surface area contributed by atoms with E-state index in [2.05, 4.69) is 25.3 Å². The second kappa shape index (κ2) is 5.64. The number of anilines is 1. The van der Waals surface area contributed by atoms with Crippen LogP contribution in [0.25, 0.3) is 21.9 Å². The minimum absolute atomic E-state index is 0.298. The lowest BCUT2D eigenvalue weighted by Gasteiger charge is -2.07. The zero-order chi connectivity index (χ0) is 15.6. The van der Waals surface area contributed by atoms with Gasteiger partial charge in [-0.15, -0.1) is 0 Å². The van der Waals surface area contributed by atoms with Gasteiger partial charge in [-0.05, 0) is 30.3 Å². The molecule has 23 heavy (non-hydrogen) atoms. The molecule has 114 valence electrons. The molecule has 0 saturated carbocycles.